The molecule has 0 saturated carbocycles. The van der Waals surface area contributed by atoms with Crippen molar-refractivity contribution in [3.05, 3.63) is 25.3 Å². The topological polar surface area (TPSA) is 60.7 Å². The molecule has 0 aromatic carbocycles. The molecule has 0 aromatic heterocycles. The van der Waals surface area contributed by atoms with E-state index >= 15 is 0 Å². The third-order valence-corrected chi connectivity index (χ3v) is 0.167. The Hall–Kier alpha value is -0.575. The number of rotatable bonds is 1. The average molecular weight is 116 g/mol. The Morgan fingerprint density at radius 3 is 1.12 bits per heavy atom. The monoisotopic (exact) mass is 116 g/mol. The van der Waals surface area contributed by atoms with Crippen molar-refractivity contribution >= 4 is 7.32 Å². The van der Waals surface area contributed by atoms with Crippen LogP contribution in [0, 0.1) is 0 Å². The van der Waals surface area contributed by atoms with E-state index in [1.807, 2.05) is 0 Å². The van der Waals surface area contributed by atoms with E-state index in [4.69, 9.17) is 15.1 Å². The molecule has 0 atom stereocenters. The first-order valence-electron chi connectivity index (χ1n) is 1.92. The van der Waals surface area contributed by atoms with Crippen molar-refractivity contribution in [2.75, 3.05) is 0 Å². The van der Waals surface area contributed by atoms with E-state index in [0.29, 0.717) is 0 Å². The first-order chi connectivity index (χ1) is 3.65. The van der Waals surface area contributed by atoms with Gasteiger partial charge in [-0.25, -0.2) is 0 Å². The lowest BCUT2D eigenvalue weighted by atomic mass is 10.3. The maximum Gasteiger partial charge on any atom is 0.631 e. The minimum Gasteiger partial charge on any atom is -0.402 e. The molecule has 0 aliphatic heterocycles. The summed E-state index contributed by atoms with van der Waals surface area (Å²) < 4.78 is 0. The molecule has 0 spiro atoms. The van der Waals surface area contributed by atoms with Gasteiger partial charge in [0.2, 0.25) is 0 Å². The van der Waals surface area contributed by atoms with Gasteiger partial charge < -0.3 is 15.1 Å². The van der Waals surface area contributed by atoms with E-state index in [0.717, 1.165) is 0 Å². The van der Waals surface area contributed by atoms with Gasteiger partial charge in [0.15, 0.2) is 0 Å². The zero-order chi connectivity index (χ0) is 6.99. The Morgan fingerprint density at radius 1 is 1.00 bits per heavy atom. The van der Waals surface area contributed by atoms with Gasteiger partial charge in [-0.15, -0.1) is 0 Å². The predicted molar refractivity (Wildman–Crippen MR) is 32.8 cm³/mol. The van der Waals surface area contributed by atoms with Crippen molar-refractivity contribution in [1.29, 1.82) is 0 Å². The Kier molecular flexibility index (Phi) is 12.6. The number of hydrogen-bond donors (Lipinski definition) is 3. The van der Waals surface area contributed by atoms with Crippen LogP contribution in [0.2, 0.25) is 0 Å². The molecule has 0 aliphatic carbocycles. The second kappa shape index (κ2) is 9.66. The van der Waals surface area contributed by atoms with E-state index in [1.165, 1.54) is 0 Å². The highest BCUT2D eigenvalue weighted by Crippen LogP contribution is 1.52. The second-order valence-corrected chi connectivity index (χ2v) is 0.818. The van der Waals surface area contributed by atoms with E-state index in [2.05, 4.69) is 13.2 Å². The third-order valence-electron chi connectivity index (χ3n) is 0.167. The van der Waals surface area contributed by atoms with Gasteiger partial charge in [-0.05, 0) is 0 Å². The standard InChI is InChI=1S/C4H6.BH3O3/c1-3-4-2;2-1(3)4/h3-4H,1-2H2;2-4H. The zero-order valence-corrected chi connectivity index (χ0v) is 4.49. The zero-order valence-electron chi connectivity index (χ0n) is 4.49. The summed E-state index contributed by atoms with van der Waals surface area (Å²) in [5, 5.41) is 21.5. The SMILES string of the molecule is C=CC=C.OB(O)O. The summed E-state index contributed by atoms with van der Waals surface area (Å²) in [6, 6.07) is 0. The predicted octanol–water partition coefficient (Wildman–Crippen LogP) is -0.693. The molecular formula is C4H9BO3. The van der Waals surface area contributed by atoms with Gasteiger partial charge in [0.05, 0.1) is 0 Å². The van der Waals surface area contributed by atoms with Gasteiger partial charge in [0.1, 0.15) is 0 Å². The van der Waals surface area contributed by atoms with Crippen LogP contribution in [0.4, 0.5) is 0 Å². The molecule has 0 aromatic rings. The maximum atomic E-state index is 7.17. The van der Waals surface area contributed by atoms with Crippen LogP contribution in [0.3, 0.4) is 0 Å². The molecule has 0 fully saturated rings. The van der Waals surface area contributed by atoms with Gasteiger partial charge in [-0.3, -0.25) is 0 Å². The van der Waals surface area contributed by atoms with Crippen LogP contribution < -0.4 is 0 Å². The summed E-state index contributed by atoms with van der Waals surface area (Å²) >= 11 is 0. The van der Waals surface area contributed by atoms with E-state index in [1.54, 1.807) is 12.2 Å². The molecule has 4 heteroatoms. The summed E-state index contributed by atoms with van der Waals surface area (Å²) in [6.45, 7) is 6.72. The van der Waals surface area contributed by atoms with Crippen LogP contribution in [0.1, 0.15) is 0 Å². The highest BCUT2D eigenvalue weighted by molar-refractivity contribution is 6.30. The Morgan fingerprint density at radius 2 is 1.12 bits per heavy atom. The van der Waals surface area contributed by atoms with Crippen LogP contribution in [0.15, 0.2) is 25.3 Å². The van der Waals surface area contributed by atoms with E-state index < -0.39 is 7.32 Å². The fourth-order valence-electron chi connectivity index (χ4n) is 0. The maximum absolute atomic E-state index is 7.17. The Bertz CT molecular complexity index is 53.5. The summed E-state index contributed by atoms with van der Waals surface area (Å²) in [5.41, 5.74) is 0. The summed E-state index contributed by atoms with van der Waals surface area (Å²) in [7, 11) is -2.17. The molecule has 46 valence electrons. The molecule has 0 aliphatic rings. The first-order valence-corrected chi connectivity index (χ1v) is 1.92. The quantitative estimate of drug-likeness (QED) is 0.313. The highest BCUT2D eigenvalue weighted by atomic mass is 16.5. The molecule has 3 N–H and O–H groups in total. The minimum atomic E-state index is -2.17. The van der Waals surface area contributed by atoms with Gasteiger partial charge in [-0.1, -0.05) is 25.3 Å². The molecule has 3 nitrogen and oxygen atoms in total. The lowest BCUT2D eigenvalue weighted by Gasteiger charge is -1.69. The smallest absolute Gasteiger partial charge is 0.402 e. The van der Waals surface area contributed by atoms with Crippen molar-refractivity contribution in [3.8, 4) is 0 Å². The van der Waals surface area contributed by atoms with Crippen molar-refractivity contribution in [2.24, 2.45) is 0 Å². The van der Waals surface area contributed by atoms with Gasteiger partial charge in [0, 0.05) is 0 Å². The van der Waals surface area contributed by atoms with Gasteiger partial charge in [0.25, 0.3) is 0 Å². The lowest BCUT2D eigenvalue weighted by molar-refractivity contribution is 0.278. The minimum absolute atomic E-state index is 1.64. The lowest BCUT2D eigenvalue weighted by Crippen LogP contribution is -2.07. The summed E-state index contributed by atoms with van der Waals surface area (Å²) in [4.78, 5) is 0. The molecule has 8 heavy (non-hydrogen) atoms. The van der Waals surface area contributed by atoms with Crippen LogP contribution in [0.5, 0.6) is 0 Å². The summed E-state index contributed by atoms with van der Waals surface area (Å²) in [6.07, 6.45) is 3.28. The van der Waals surface area contributed by atoms with E-state index in [-0.39, 0.29) is 0 Å². The number of allylic oxidation sites excluding steroid dienone is 2. The average Bonchev–Trinajstić information content (AvgIpc) is 1.65. The Labute approximate surface area is 48.8 Å². The van der Waals surface area contributed by atoms with E-state index in [9.17, 15) is 0 Å². The molecular weight excluding hydrogens is 107 g/mol. The van der Waals surface area contributed by atoms with Gasteiger partial charge >= 0.3 is 7.32 Å². The third kappa shape index (κ3) is 588. The summed E-state index contributed by atoms with van der Waals surface area (Å²) in [5.74, 6) is 0. The normalized spacial score (nSPS) is 5.88. The molecule has 0 rings (SSSR count). The van der Waals surface area contributed by atoms with Crippen molar-refractivity contribution in [1.82, 2.24) is 0 Å². The number of hydrogen-bond acceptors (Lipinski definition) is 3. The fraction of sp³-hybridized carbons (Fsp3) is 0. The van der Waals surface area contributed by atoms with Crippen molar-refractivity contribution in [2.45, 2.75) is 0 Å². The molecule has 0 heterocycles. The van der Waals surface area contributed by atoms with Crippen molar-refractivity contribution < 1.29 is 15.1 Å². The second-order valence-electron chi connectivity index (χ2n) is 0.818. The molecule has 0 saturated heterocycles. The molecule has 0 amide bonds. The largest absolute Gasteiger partial charge is 0.631 e. The molecule has 0 bridgehead atoms. The molecule has 0 unspecified atom stereocenters. The van der Waals surface area contributed by atoms with Crippen LogP contribution in [-0.4, -0.2) is 22.4 Å². The van der Waals surface area contributed by atoms with Crippen LogP contribution in [-0.2, 0) is 0 Å². The van der Waals surface area contributed by atoms with Gasteiger partial charge in [-0.2, -0.15) is 0 Å². The first kappa shape index (κ1) is 10.4. The Balaban J connectivity index is 0. The van der Waals surface area contributed by atoms with Crippen molar-refractivity contribution in [3.63, 3.8) is 0 Å². The van der Waals surface area contributed by atoms with Crippen LogP contribution >= 0.6 is 0 Å². The highest BCUT2D eigenvalue weighted by Gasteiger charge is 1.92. The molecule has 0 radical (unpaired) electrons. The fourth-order valence-corrected chi connectivity index (χ4v) is 0. The van der Waals surface area contributed by atoms with Crippen LogP contribution in [0.25, 0.3) is 0 Å².